The van der Waals surface area contributed by atoms with Crippen molar-refractivity contribution in [2.24, 2.45) is 17.6 Å². The average molecular weight is 496 g/mol. The fourth-order valence-electron chi connectivity index (χ4n) is 3.81. The maximum Gasteiger partial charge on any atom is 0.245 e. The van der Waals surface area contributed by atoms with Crippen molar-refractivity contribution in [1.82, 2.24) is 10.6 Å². The molecule has 0 aliphatic heterocycles. The van der Waals surface area contributed by atoms with Crippen molar-refractivity contribution in [3.05, 3.63) is 23.8 Å². The molecule has 0 aliphatic carbocycles. The molecule has 0 bridgehead atoms. The summed E-state index contributed by atoms with van der Waals surface area (Å²) in [4.78, 5) is 23.7. The van der Waals surface area contributed by atoms with Crippen LogP contribution in [0.3, 0.4) is 0 Å². The molecule has 0 aromatic heterocycles. The van der Waals surface area contributed by atoms with E-state index in [9.17, 15) is 14.7 Å². The highest BCUT2D eigenvalue weighted by atomic mass is 16.5. The molecule has 0 saturated carbocycles. The average Bonchev–Trinajstić information content (AvgIpc) is 2.78. The molecule has 3 atom stereocenters. The number of aliphatic hydroxyl groups is 1. The summed E-state index contributed by atoms with van der Waals surface area (Å²) in [6.07, 6.45) is 1.21. The third-order valence-corrected chi connectivity index (χ3v) is 6.02. The molecule has 0 fully saturated rings. The summed E-state index contributed by atoms with van der Waals surface area (Å²) in [6.45, 7) is 10.00. The Bertz CT molecular complexity index is 799. The summed E-state index contributed by atoms with van der Waals surface area (Å²) in [5, 5.41) is 15.9. The van der Waals surface area contributed by atoms with Crippen LogP contribution in [0, 0.1) is 11.8 Å². The topological polar surface area (TPSA) is 132 Å². The van der Waals surface area contributed by atoms with E-state index < -0.39 is 17.7 Å². The van der Waals surface area contributed by atoms with Gasteiger partial charge in [-0.3, -0.25) is 9.59 Å². The summed E-state index contributed by atoms with van der Waals surface area (Å²) in [7, 11) is 3.28. The lowest BCUT2D eigenvalue weighted by Gasteiger charge is -2.29. The molecule has 0 aliphatic rings. The van der Waals surface area contributed by atoms with Crippen LogP contribution in [0.5, 0.6) is 11.5 Å². The van der Waals surface area contributed by atoms with Crippen LogP contribution in [0.15, 0.2) is 18.2 Å². The molecule has 0 radical (unpaired) electrons. The van der Waals surface area contributed by atoms with Gasteiger partial charge in [0.15, 0.2) is 11.5 Å². The summed E-state index contributed by atoms with van der Waals surface area (Å²) < 4.78 is 16.4. The Morgan fingerprint density at radius 2 is 1.83 bits per heavy atom. The number of ether oxygens (including phenoxy) is 3. The smallest absolute Gasteiger partial charge is 0.245 e. The van der Waals surface area contributed by atoms with Gasteiger partial charge in [0, 0.05) is 39.6 Å². The van der Waals surface area contributed by atoms with E-state index >= 15 is 0 Å². The number of aliphatic hydroxyl groups excluding tert-OH is 1. The number of nitrogens with two attached hydrogens (primary N) is 1. The zero-order valence-corrected chi connectivity index (χ0v) is 22.3. The third-order valence-electron chi connectivity index (χ3n) is 6.02. The first-order chi connectivity index (χ1) is 16.4. The number of hydrogen-bond donors (Lipinski definition) is 4. The summed E-state index contributed by atoms with van der Waals surface area (Å²) in [5.41, 5.74) is 6.35. The van der Waals surface area contributed by atoms with Crippen LogP contribution in [0.2, 0.25) is 0 Å². The van der Waals surface area contributed by atoms with E-state index in [-0.39, 0.29) is 24.3 Å². The highest BCUT2D eigenvalue weighted by molar-refractivity contribution is 5.90. The quantitative estimate of drug-likeness (QED) is 0.258. The Balaban J connectivity index is 2.76. The van der Waals surface area contributed by atoms with E-state index in [1.54, 1.807) is 28.1 Å². The van der Waals surface area contributed by atoms with Crippen molar-refractivity contribution >= 4 is 11.8 Å². The monoisotopic (exact) mass is 495 g/mol. The minimum atomic E-state index is -1.08. The number of carbonyl (C=O) groups excluding carboxylic acids is 2. The Morgan fingerprint density at radius 3 is 2.40 bits per heavy atom. The third kappa shape index (κ3) is 10.8. The highest BCUT2D eigenvalue weighted by Gasteiger charge is 2.29. The fourth-order valence-corrected chi connectivity index (χ4v) is 3.81. The number of carbonyl (C=O) groups is 2. The second-order valence-corrected chi connectivity index (χ2v) is 9.87. The Labute approximate surface area is 210 Å². The number of nitrogens with one attached hydrogen (secondary N) is 2. The van der Waals surface area contributed by atoms with Crippen molar-refractivity contribution in [3.8, 4) is 11.5 Å². The second kappa shape index (κ2) is 14.9. The summed E-state index contributed by atoms with van der Waals surface area (Å²) in [5.74, 6) is 1.23. The van der Waals surface area contributed by atoms with Gasteiger partial charge in [-0.05, 0) is 56.2 Å². The normalized spacial score (nSPS) is 14.2. The molecule has 35 heavy (non-hydrogen) atoms. The molecule has 0 heterocycles. The maximum absolute atomic E-state index is 12.4. The Kier molecular flexibility index (Phi) is 13.1. The summed E-state index contributed by atoms with van der Waals surface area (Å²) >= 11 is 0. The van der Waals surface area contributed by atoms with Gasteiger partial charge >= 0.3 is 0 Å². The van der Waals surface area contributed by atoms with Crippen molar-refractivity contribution in [3.63, 3.8) is 0 Å². The number of hydrogen-bond acceptors (Lipinski definition) is 7. The molecule has 9 nitrogen and oxygen atoms in total. The number of benzene rings is 1. The zero-order valence-electron chi connectivity index (χ0n) is 22.3. The molecule has 200 valence electrons. The maximum atomic E-state index is 12.4. The van der Waals surface area contributed by atoms with E-state index in [0.29, 0.717) is 37.1 Å². The van der Waals surface area contributed by atoms with Gasteiger partial charge in [0.05, 0.1) is 19.8 Å². The fraction of sp³-hybridized carbons (Fsp3) is 0.692. The lowest BCUT2D eigenvalue weighted by molar-refractivity contribution is -0.131. The van der Waals surface area contributed by atoms with Gasteiger partial charge in [-0.2, -0.15) is 0 Å². The van der Waals surface area contributed by atoms with Crippen LogP contribution in [0.4, 0.5) is 0 Å². The van der Waals surface area contributed by atoms with Crippen LogP contribution < -0.4 is 25.8 Å². The van der Waals surface area contributed by atoms with Crippen molar-refractivity contribution in [2.75, 3.05) is 34.0 Å². The molecule has 0 spiro atoms. The Morgan fingerprint density at radius 1 is 1.14 bits per heavy atom. The van der Waals surface area contributed by atoms with Gasteiger partial charge in [-0.25, -0.2) is 0 Å². The zero-order chi connectivity index (χ0) is 26.6. The van der Waals surface area contributed by atoms with Crippen LogP contribution in [0.25, 0.3) is 0 Å². The minimum Gasteiger partial charge on any atom is -0.493 e. The second-order valence-electron chi connectivity index (χ2n) is 9.87. The van der Waals surface area contributed by atoms with Crippen molar-refractivity contribution in [2.45, 2.75) is 71.6 Å². The molecule has 9 heteroatoms. The first-order valence-electron chi connectivity index (χ1n) is 12.2. The molecule has 1 aromatic carbocycles. The van der Waals surface area contributed by atoms with E-state index in [4.69, 9.17) is 19.9 Å². The number of rotatable bonds is 16. The molecular formula is C26H45N3O6. The largest absolute Gasteiger partial charge is 0.493 e. The predicted octanol–water partition coefficient (Wildman–Crippen LogP) is 2.03. The van der Waals surface area contributed by atoms with Gasteiger partial charge < -0.3 is 35.7 Å². The van der Waals surface area contributed by atoms with E-state index in [1.165, 1.54) is 6.92 Å². The number of methoxy groups -OCH3 is 2. The SMILES string of the molecule is COCCCOc1cc(CC(CC(N)C(O)CNC(=O)C(C)(C)NC(C)=O)C(C)C)ccc1OC. The first kappa shape index (κ1) is 30.7. The molecule has 1 rings (SSSR count). The van der Waals surface area contributed by atoms with Gasteiger partial charge in [0.1, 0.15) is 5.54 Å². The van der Waals surface area contributed by atoms with Gasteiger partial charge in [-0.15, -0.1) is 0 Å². The molecular weight excluding hydrogens is 450 g/mol. The molecule has 3 unspecified atom stereocenters. The van der Waals surface area contributed by atoms with E-state index in [0.717, 1.165) is 18.4 Å². The van der Waals surface area contributed by atoms with E-state index in [1.807, 2.05) is 18.2 Å². The van der Waals surface area contributed by atoms with Gasteiger partial charge in [-0.1, -0.05) is 19.9 Å². The van der Waals surface area contributed by atoms with Crippen LogP contribution in [-0.2, 0) is 20.7 Å². The predicted molar refractivity (Wildman–Crippen MR) is 137 cm³/mol. The van der Waals surface area contributed by atoms with E-state index in [2.05, 4.69) is 24.5 Å². The molecule has 0 saturated heterocycles. The van der Waals surface area contributed by atoms with Gasteiger partial charge in [0.25, 0.3) is 0 Å². The van der Waals surface area contributed by atoms with Crippen LogP contribution in [0.1, 0.15) is 53.0 Å². The lowest BCUT2D eigenvalue weighted by atomic mass is 9.83. The standard InChI is InChI=1S/C26H45N3O6/c1-17(2)20(13-19-9-10-23(34-7)24(14-19)35-12-8-11-33-6)15-21(27)22(31)16-28-25(32)26(4,5)29-18(3)30/h9-10,14,17,20-22,31H,8,11-13,15-16,27H2,1-7H3,(H,28,32)(H,29,30). The Hall–Kier alpha value is -2.36. The first-order valence-corrected chi connectivity index (χ1v) is 12.2. The molecule has 5 N–H and O–H groups in total. The summed E-state index contributed by atoms with van der Waals surface area (Å²) in [6, 6.07) is 5.39. The van der Waals surface area contributed by atoms with Crippen molar-refractivity contribution in [1.29, 1.82) is 0 Å². The minimum absolute atomic E-state index is 0.00975. The lowest BCUT2D eigenvalue weighted by Crippen LogP contribution is -2.56. The molecule has 2 amide bonds. The highest BCUT2D eigenvalue weighted by Crippen LogP contribution is 2.31. The van der Waals surface area contributed by atoms with Gasteiger partial charge in [0.2, 0.25) is 11.8 Å². The van der Waals surface area contributed by atoms with Crippen molar-refractivity contribution < 1.29 is 28.9 Å². The number of amides is 2. The van der Waals surface area contributed by atoms with Crippen LogP contribution in [-0.4, -0.2) is 68.6 Å². The molecule has 1 aromatic rings. The van der Waals surface area contributed by atoms with Crippen LogP contribution >= 0.6 is 0 Å².